The van der Waals surface area contributed by atoms with E-state index >= 15 is 0 Å². The summed E-state index contributed by atoms with van der Waals surface area (Å²) in [6.45, 7) is 3.12. The summed E-state index contributed by atoms with van der Waals surface area (Å²) in [5.41, 5.74) is 1.57. The molecule has 0 saturated heterocycles. The highest BCUT2D eigenvalue weighted by Crippen LogP contribution is 2.27. The highest BCUT2D eigenvalue weighted by Gasteiger charge is 2.08. The summed E-state index contributed by atoms with van der Waals surface area (Å²) in [6, 6.07) is 9.79. The average molecular weight is 475 g/mol. The number of phenols is 2. The van der Waals surface area contributed by atoms with Crippen molar-refractivity contribution in [2.75, 3.05) is 40.4 Å². The number of methoxy groups -OCH3 is 2. The molecular formula is C25H36N3O6+. The third-order valence-electron chi connectivity index (χ3n) is 5.28. The van der Waals surface area contributed by atoms with Gasteiger partial charge in [0.05, 0.1) is 40.2 Å². The maximum atomic E-state index is 12.0. The highest BCUT2D eigenvalue weighted by atomic mass is 16.5. The Labute approximate surface area is 200 Å². The number of aromatic hydroxyl groups is 2. The van der Waals surface area contributed by atoms with Crippen LogP contribution in [-0.4, -0.2) is 62.4 Å². The largest absolute Gasteiger partial charge is 0.504 e. The molecule has 0 atom stereocenters. The van der Waals surface area contributed by atoms with Gasteiger partial charge < -0.3 is 35.6 Å². The van der Waals surface area contributed by atoms with Crippen LogP contribution in [-0.2, 0) is 22.4 Å². The van der Waals surface area contributed by atoms with Crippen LogP contribution < -0.4 is 25.4 Å². The van der Waals surface area contributed by atoms with Crippen molar-refractivity contribution >= 4 is 11.8 Å². The van der Waals surface area contributed by atoms with Gasteiger partial charge in [0.1, 0.15) is 0 Å². The van der Waals surface area contributed by atoms with Crippen LogP contribution in [0.15, 0.2) is 36.4 Å². The first-order chi connectivity index (χ1) is 16.4. The Morgan fingerprint density at radius 2 is 1.24 bits per heavy atom. The number of nitrogens with two attached hydrogens (primary N) is 1. The summed E-state index contributed by atoms with van der Waals surface area (Å²) in [6.07, 6.45) is 3.24. The minimum atomic E-state index is -0.0609. The molecule has 0 aliphatic carbocycles. The third kappa shape index (κ3) is 9.58. The Morgan fingerprint density at radius 3 is 1.74 bits per heavy atom. The molecule has 0 aromatic heterocycles. The molecule has 0 fully saturated rings. The number of nitrogens with one attached hydrogen (secondary N) is 2. The number of hydrogen-bond donors (Lipinski definition) is 5. The Morgan fingerprint density at radius 1 is 0.765 bits per heavy atom. The van der Waals surface area contributed by atoms with Crippen LogP contribution in [0.4, 0.5) is 0 Å². The minimum absolute atomic E-state index is 0.0553. The van der Waals surface area contributed by atoms with E-state index in [1.807, 2.05) is 0 Å². The molecule has 0 saturated carbocycles. The second-order valence-electron chi connectivity index (χ2n) is 7.99. The summed E-state index contributed by atoms with van der Waals surface area (Å²) in [7, 11) is 2.95. The quantitative estimate of drug-likeness (QED) is 0.243. The van der Waals surface area contributed by atoms with Gasteiger partial charge in [-0.2, -0.15) is 0 Å². The number of phenolic OH excluding ortho intramolecular Hbond substituents is 2. The predicted molar refractivity (Wildman–Crippen MR) is 128 cm³/mol. The molecule has 2 rings (SSSR count). The van der Waals surface area contributed by atoms with E-state index in [2.05, 4.69) is 16.0 Å². The summed E-state index contributed by atoms with van der Waals surface area (Å²) < 4.78 is 10.1. The number of amides is 2. The van der Waals surface area contributed by atoms with Gasteiger partial charge in [0, 0.05) is 19.5 Å². The zero-order valence-electron chi connectivity index (χ0n) is 19.9. The van der Waals surface area contributed by atoms with Gasteiger partial charge >= 0.3 is 0 Å². The first kappa shape index (κ1) is 26.8. The molecule has 0 aliphatic heterocycles. The summed E-state index contributed by atoms with van der Waals surface area (Å²) in [5.74, 6) is 0.712. The van der Waals surface area contributed by atoms with Crippen molar-refractivity contribution in [3.63, 3.8) is 0 Å². The highest BCUT2D eigenvalue weighted by molar-refractivity contribution is 5.79. The monoisotopic (exact) mass is 474 g/mol. The predicted octanol–water partition coefficient (Wildman–Crippen LogP) is 0.866. The summed E-state index contributed by atoms with van der Waals surface area (Å²) in [4.78, 5) is 24.1. The van der Waals surface area contributed by atoms with Crippen molar-refractivity contribution in [2.45, 2.75) is 32.1 Å². The maximum Gasteiger partial charge on any atom is 0.224 e. The normalized spacial score (nSPS) is 10.5. The fraction of sp³-hybridized carbons (Fsp3) is 0.440. The molecule has 0 radical (unpaired) electrons. The van der Waals surface area contributed by atoms with Crippen LogP contribution in [0.1, 0.15) is 30.4 Å². The number of hydrogen-bond acceptors (Lipinski definition) is 6. The number of carbonyl (C=O) groups is 2. The van der Waals surface area contributed by atoms with Gasteiger partial charge in [0.2, 0.25) is 11.8 Å². The van der Waals surface area contributed by atoms with Gasteiger partial charge in [-0.15, -0.1) is 0 Å². The zero-order valence-corrected chi connectivity index (χ0v) is 19.9. The lowest BCUT2D eigenvalue weighted by atomic mass is 10.1. The molecule has 2 aromatic rings. The van der Waals surface area contributed by atoms with Gasteiger partial charge in [-0.05, 0) is 48.2 Å². The molecule has 9 heteroatoms. The Hall–Kier alpha value is -3.46. The molecule has 6 N–H and O–H groups in total. The van der Waals surface area contributed by atoms with Crippen LogP contribution in [0.3, 0.4) is 0 Å². The molecule has 0 spiro atoms. The van der Waals surface area contributed by atoms with E-state index in [4.69, 9.17) is 9.47 Å². The Balaban J connectivity index is 1.47. The molecule has 9 nitrogen and oxygen atoms in total. The lowest BCUT2D eigenvalue weighted by Crippen LogP contribution is -2.84. The first-order valence-corrected chi connectivity index (χ1v) is 11.5. The average Bonchev–Trinajstić information content (AvgIpc) is 2.82. The summed E-state index contributed by atoms with van der Waals surface area (Å²) >= 11 is 0. The van der Waals surface area contributed by atoms with Crippen LogP contribution in [0.2, 0.25) is 0 Å². The molecule has 0 bridgehead atoms. The van der Waals surface area contributed by atoms with Crippen LogP contribution >= 0.6 is 0 Å². The molecular weight excluding hydrogens is 438 g/mol. The summed E-state index contributed by atoms with van der Waals surface area (Å²) in [5, 5.41) is 27.2. The van der Waals surface area contributed by atoms with Gasteiger partial charge in [-0.3, -0.25) is 9.59 Å². The molecule has 0 aliphatic rings. The van der Waals surface area contributed by atoms with Crippen LogP contribution in [0.5, 0.6) is 23.0 Å². The van der Waals surface area contributed by atoms with Gasteiger partial charge in [0.15, 0.2) is 23.0 Å². The van der Waals surface area contributed by atoms with Gasteiger partial charge in [-0.1, -0.05) is 12.1 Å². The van der Waals surface area contributed by atoms with E-state index in [1.54, 1.807) is 24.3 Å². The van der Waals surface area contributed by atoms with Gasteiger partial charge in [-0.25, -0.2) is 0 Å². The second kappa shape index (κ2) is 14.6. The standard InChI is InChI=1S/C25H35N3O6/c1-33-22-14-18(6-8-20(22)29)16-24(31)27-12-4-3-10-26-11-5-13-28-25(32)17-19-7-9-21(30)23(15-19)34-2/h6-9,14-15,26,29-30H,3-5,10-13,16-17H2,1-2H3,(H,27,31)(H,28,32)/p+1. The zero-order chi connectivity index (χ0) is 24.8. The maximum absolute atomic E-state index is 12.0. The number of ether oxygens (including phenoxy) is 2. The Bertz CT molecular complexity index is 859. The minimum Gasteiger partial charge on any atom is -0.504 e. The lowest BCUT2D eigenvalue weighted by molar-refractivity contribution is -0.655. The number of quaternary nitrogens is 1. The number of carbonyl (C=O) groups excluding carboxylic acids is 2. The fourth-order valence-electron chi connectivity index (χ4n) is 3.42. The van der Waals surface area contributed by atoms with E-state index < -0.39 is 0 Å². The van der Waals surface area contributed by atoms with Gasteiger partial charge in [0.25, 0.3) is 0 Å². The molecule has 186 valence electrons. The SMILES string of the molecule is COc1cc(CC(=O)NCCCC[NH2+]CCCNC(=O)Cc2ccc(O)c(OC)c2)ccc1O. The van der Waals surface area contributed by atoms with E-state index in [-0.39, 0.29) is 36.2 Å². The number of benzene rings is 2. The van der Waals surface area contributed by atoms with E-state index in [1.165, 1.54) is 26.4 Å². The topological polar surface area (TPSA) is 134 Å². The second-order valence-corrected chi connectivity index (χ2v) is 7.99. The molecule has 2 amide bonds. The van der Waals surface area contributed by atoms with E-state index in [9.17, 15) is 19.8 Å². The smallest absolute Gasteiger partial charge is 0.224 e. The number of rotatable bonds is 15. The van der Waals surface area contributed by atoms with E-state index in [0.29, 0.717) is 24.6 Å². The molecule has 0 unspecified atom stereocenters. The van der Waals surface area contributed by atoms with Crippen molar-refractivity contribution in [1.82, 2.24) is 10.6 Å². The van der Waals surface area contributed by atoms with Crippen molar-refractivity contribution in [1.29, 1.82) is 0 Å². The van der Waals surface area contributed by atoms with E-state index in [0.717, 1.165) is 43.5 Å². The van der Waals surface area contributed by atoms with Crippen molar-refractivity contribution in [3.05, 3.63) is 47.5 Å². The molecule has 2 aromatic carbocycles. The van der Waals surface area contributed by atoms with Crippen molar-refractivity contribution in [2.24, 2.45) is 0 Å². The Kier molecular flexibility index (Phi) is 11.5. The molecule has 34 heavy (non-hydrogen) atoms. The third-order valence-corrected chi connectivity index (χ3v) is 5.28. The van der Waals surface area contributed by atoms with Crippen molar-refractivity contribution in [3.8, 4) is 23.0 Å². The first-order valence-electron chi connectivity index (χ1n) is 11.5. The van der Waals surface area contributed by atoms with Crippen molar-refractivity contribution < 1.29 is 34.6 Å². The lowest BCUT2D eigenvalue weighted by Gasteiger charge is -2.08. The fourth-order valence-corrected chi connectivity index (χ4v) is 3.42. The van der Waals surface area contributed by atoms with Crippen LogP contribution in [0, 0.1) is 0 Å². The molecule has 0 heterocycles. The number of unbranched alkanes of at least 4 members (excludes halogenated alkanes) is 1. The van der Waals surface area contributed by atoms with Crippen LogP contribution in [0.25, 0.3) is 0 Å².